The average Bonchev–Trinajstić information content (AvgIpc) is 3.31. The van der Waals surface area contributed by atoms with E-state index in [0.717, 1.165) is 16.8 Å². The second kappa shape index (κ2) is 7.15. The number of hydrogen-bond acceptors (Lipinski definition) is 5. The molecule has 0 saturated heterocycles. The van der Waals surface area contributed by atoms with Gasteiger partial charge in [-0.2, -0.15) is 5.10 Å². The number of rotatable bonds is 5. The monoisotopic (exact) mass is 377 g/mol. The lowest BCUT2D eigenvalue weighted by molar-refractivity contribution is -0.122. The lowest BCUT2D eigenvalue weighted by atomic mass is 10.1. The second-order valence-electron chi connectivity index (χ2n) is 6.67. The molecule has 1 amide bonds. The van der Waals surface area contributed by atoms with Gasteiger partial charge >= 0.3 is 0 Å². The van der Waals surface area contributed by atoms with Crippen LogP contribution in [0.3, 0.4) is 0 Å². The molecule has 0 unspecified atom stereocenters. The summed E-state index contributed by atoms with van der Waals surface area (Å²) in [6, 6.07) is 9.54. The minimum atomic E-state index is -0.311. The van der Waals surface area contributed by atoms with E-state index >= 15 is 0 Å². The summed E-state index contributed by atoms with van der Waals surface area (Å²) in [7, 11) is 0. The highest BCUT2D eigenvalue weighted by Gasteiger charge is 2.13. The van der Waals surface area contributed by atoms with E-state index in [0.29, 0.717) is 16.8 Å². The number of hydrogen-bond donors (Lipinski definition) is 1. The number of carbonyl (C=O) groups excluding carboxylic acids is 1. The Bertz CT molecular complexity index is 1180. The van der Waals surface area contributed by atoms with E-state index in [1.807, 2.05) is 26.0 Å². The van der Waals surface area contributed by atoms with Gasteiger partial charge in [-0.1, -0.05) is 6.07 Å². The lowest BCUT2D eigenvalue weighted by Crippen LogP contribution is -2.32. The number of aromatic nitrogens is 4. The number of nitrogens with one attached hydrogen (secondary N) is 1. The third-order valence-corrected chi connectivity index (χ3v) is 4.36. The highest BCUT2D eigenvalue weighted by molar-refractivity contribution is 5.77. The molecule has 0 radical (unpaired) electrons. The van der Waals surface area contributed by atoms with Crippen molar-refractivity contribution in [3.63, 3.8) is 0 Å². The van der Waals surface area contributed by atoms with Crippen molar-refractivity contribution >= 4 is 16.9 Å². The minimum absolute atomic E-state index is 0.128. The van der Waals surface area contributed by atoms with Crippen molar-refractivity contribution in [3.05, 3.63) is 76.4 Å². The topological polar surface area (TPSA) is 95.0 Å². The number of aryl methyl sites for hydroxylation is 2. The Balaban J connectivity index is 1.59. The maximum Gasteiger partial charge on any atom is 0.264 e. The molecule has 0 bridgehead atoms. The van der Waals surface area contributed by atoms with E-state index in [-0.39, 0.29) is 24.6 Å². The molecule has 0 aliphatic carbocycles. The highest BCUT2D eigenvalue weighted by Crippen LogP contribution is 2.17. The minimum Gasteiger partial charge on any atom is -0.467 e. The summed E-state index contributed by atoms with van der Waals surface area (Å²) in [4.78, 5) is 29.2. The quantitative estimate of drug-likeness (QED) is 0.575. The molecular formula is C20H19N5O3. The van der Waals surface area contributed by atoms with Crippen LogP contribution in [0.4, 0.5) is 0 Å². The predicted octanol–water partition coefficient (Wildman–Crippen LogP) is 2.11. The lowest BCUT2D eigenvalue weighted by Gasteiger charge is -2.08. The summed E-state index contributed by atoms with van der Waals surface area (Å²) >= 11 is 0. The predicted molar refractivity (Wildman–Crippen MR) is 103 cm³/mol. The fourth-order valence-corrected chi connectivity index (χ4v) is 3.13. The Morgan fingerprint density at radius 2 is 2.00 bits per heavy atom. The molecule has 3 aromatic heterocycles. The molecule has 0 saturated carbocycles. The molecule has 0 aliphatic heterocycles. The summed E-state index contributed by atoms with van der Waals surface area (Å²) in [6.07, 6.45) is 4.40. The maximum atomic E-state index is 12.7. The van der Waals surface area contributed by atoms with Crippen LogP contribution in [-0.4, -0.2) is 25.2 Å². The molecular weight excluding hydrogens is 358 g/mol. The molecule has 3 heterocycles. The normalized spacial score (nSPS) is 11.1. The van der Waals surface area contributed by atoms with Gasteiger partial charge < -0.3 is 9.73 Å². The van der Waals surface area contributed by atoms with Gasteiger partial charge in [-0.05, 0) is 49.2 Å². The van der Waals surface area contributed by atoms with Crippen LogP contribution in [0.15, 0.2) is 58.3 Å². The van der Waals surface area contributed by atoms with Gasteiger partial charge in [0.25, 0.3) is 5.56 Å². The zero-order chi connectivity index (χ0) is 19.7. The molecule has 1 aromatic carbocycles. The van der Waals surface area contributed by atoms with Crippen LogP contribution in [0.25, 0.3) is 16.7 Å². The molecule has 4 aromatic rings. The smallest absolute Gasteiger partial charge is 0.264 e. The molecule has 8 heteroatoms. The van der Waals surface area contributed by atoms with Crippen molar-refractivity contribution in [2.24, 2.45) is 0 Å². The van der Waals surface area contributed by atoms with E-state index in [2.05, 4.69) is 21.5 Å². The van der Waals surface area contributed by atoms with Gasteiger partial charge in [0.15, 0.2) is 5.65 Å². The van der Waals surface area contributed by atoms with Crippen molar-refractivity contribution in [1.82, 2.24) is 24.6 Å². The van der Waals surface area contributed by atoms with Crippen molar-refractivity contribution in [2.75, 3.05) is 0 Å². The Kier molecular flexibility index (Phi) is 4.52. The van der Waals surface area contributed by atoms with Crippen molar-refractivity contribution in [1.29, 1.82) is 0 Å². The standard InChI is InChI=1S/C20H19N5O3/c1-13-6-14(2)8-15(7-13)25-19-17(10-23-25)20(27)24(12-22-19)11-18(26)21-9-16-4-3-5-28-16/h3-8,10,12H,9,11H2,1-2H3,(H,21,26). The average molecular weight is 377 g/mol. The van der Waals surface area contributed by atoms with Gasteiger partial charge in [-0.15, -0.1) is 0 Å². The Morgan fingerprint density at radius 1 is 1.21 bits per heavy atom. The first kappa shape index (κ1) is 17.7. The summed E-state index contributed by atoms with van der Waals surface area (Å²) in [5.41, 5.74) is 3.18. The molecule has 0 spiro atoms. The van der Waals surface area contributed by atoms with Crippen LogP contribution in [0.5, 0.6) is 0 Å². The van der Waals surface area contributed by atoms with Gasteiger partial charge in [0.2, 0.25) is 5.91 Å². The molecule has 28 heavy (non-hydrogen) atoms. The number of amides is 1. The number of carbonyl (C=O) groups is 1. The van der Waals surface area contributed by atoms with Gasteiger partial charge in [-0.3, -0.25) is 14.2 Å². The number of furan rings is 1. The van der Waals surface area contributed by atoms with Crippen molar-refractivity contribution in [3.8, 4) is 5.69 Å². The number of fused-ring (bicyclic) bond motifs is 1. The first-order valence-corrected chi connectivity index (χ1v) is 8.82. The third-order valence-electron chi connectivity index (χ3n) is 4.36. The van der Waals surface area contributed by atoms with Crippen LogP contribution >= 0.6 is 0 Å². The van der Waals surface area contributed by atoms with Gasteiger partial charge in [0.05, 0.1) is 24.7 Å². The summed E-state index contributed by atoms with van der Waals surface area (Å²) < 4.78 is 8.08. The van der Waals surface area contributed by atoms with Crippen LogP contribution in [0, 0.1) is 13.8 Å². The molecule has 0 atom stereocenters. The fraction of sp³-hybridized carbons (Fsp3) is 0.200. The molecule has 142 valence electrons. The van der Waals surface area contributed by atoms with E-state index in [4.69, 9.17) is 4.42 Å². The van der Waals surface area contributed by atoms with Crippen LogP contribution in [-0.2, 0) is 17.9 Å². The van der Waals surface area contributed by atoms with E-state index in [9.17, 15) is 9.59 Å². The molecule has 4 rings (SSSR count). The maximum absolute atomic E-state index is 12.7. The Hall–Kier alpha value is -3.68. The number of nitrogens with zero attached hydrogens (tertiary/aromatic N) is 4. The van der Waals surface area contributed by atoms with E-state index in [1.165, 1.54) is 23.4 Å². The molecule has 8 nitrogen and oxygen atoms in total. The van der Waals surface area contributed by atoms with E-state index < -0.39 is 0 Å². The van der Waals surface area contributed by atoms with Gasteiger partial charge in [-0.25, -0.2) is 9.67 Å². The zero-order valence-corrected chi connectivity index (χ0v) is 15.5. The number of benzene rings is 1. The SMILES string of the molecule is Cc1cc(C)cc(-n2ncc3c(=O)n(CC(=O)NCc4ccco4)cnc32)c1. The largest absolute Gasteiger partial charge is 0.467 e. The summed E-state index contributed by atoms with van der Waals surface area (Å²) in [5.74, 6) is 0.338. The van der Waals surface area contributed by atoms with Crippen LogP contribution in [0.2, 0.25) is 0 Å². The molecule has 0 aliphatic rings. The second-order valence-corrected chi connectivity index (χ2v) is 6.67. The Morgan fingerprint density at radius 3 is 2.71 bits per heavy atom. The van der Waals surface area contributed by atoms with Gasteiger partial charge in [0.1, 0.15) is 24.0 Å². The van der Waals surface area contributed by atoms with Gasteiger partial charge in [0, 0.05) is 0 Å². The Labute approximate surface area is 160 Å². The summed E-state index contributed by atoms with van der Waals surface area (Å²) in [5, 5.41) is 7.40. The first-order valence-electron chi connectivity index (χ1n) is 8.82. The fourth-order valence-electron chi connectivity index (χ4n) is 3.13. The molecule has 1 N–H and O–H groups in total. The first-order chi connectivity index (χ1) is 13.5. The van der Waals surface area contributed by atoms with Crippen LogP contribution in [0.1, 0.15) is 16.9 Å². The van der Waals surface area contributed by atoms with Crippen LogP contribution < -0.4 is 10.9 Å². The highest BCUT2D eigenvalue weighted by atomic mass is 16.3. The zero-order valence-electron chi connectivity index (χ0n) is 15.5. The third kappa shape index (κ3) is 3.44. The van der Waals surface area contributed by atoms with E-state index in [1.54, 1.807) is 16.8 Å². The van der Waals surface area contributed by atoms with Crippen molar-refractivity contribution < 1.29 is 9.21 Å². The summed E-state index contributed by atoms with van der Waals surface area (Å²) in [6.45, 7) is 4.14. The van der Waals surface area contributed by atoms with Crippen molar-refractivity contribution in [2.45, 2.75) is 26.9 Å². The molecule has 0 fully saturated rings.